The van der Waals surface area contributed by atoms with Crippen LogP contribution in [0.25, 0.3) is 11.4 Å². The number of benzene rings is 2. The van der Waals surface area contributed by atoms with Crippen LogP contribution < -0.4 is 5.32 Å². The first kappa shape index (κ1) is 17.4. The van der Waals surface area contributed by atoms with Crippen LogP contribution in [0, 0.1) is 5.82 Å². The Hall–Kier alpha value is -2.38. The Bertz CT molecular complexity index is 881. The van der Waals surface area contributed by atoms with E-state index in [1.54, 1.807) is 48.0 Å². The Morgan fingerprint density at radius 1 is 1.16 bits per heavy atom. The Balaban J connectivity index is 1.62. The number of carbonyl (C=O) groups is 1. The lowest BCUT2D eigenvalue weighted by atomic mass is 10.2. The minimum absolute atomic E-state index is 0.154. The fourth-order valence-electron chi connectivity index (χ4n) is 2.15. The first-order valence-corrected chi connectivity index (χ1v) is 8.73. The molecule has 8 heteroatoms. The summed E-state index contributed by atoms with van der Waals surface area (Å²) in [4.78, 5) is 12.0. The van der Waals surface area contributed by atoms with E-state index in [2.05, 4.69) is 15.5 Å². The van der Waals surface area contributed by atoms with Gasteiger partial charge in [0.1, 0.15) is 5.82 Å². The molecule has 0 atom stereocenters. The molecule has 5 nitrogen and oxygen atoms in total. The van der Waals surface area contributed by atoms with Crippen molar-refractivity contribution in [2.45, 2.75) is 5.16 Å². The summed E-state index contributed by atoms with van der Waals surface area (Å²) >= 11 is 7.09. The number of hydrogen-bond acceptors (Lipinski definition) is 4. The summed E-state index contributed by atoms with van der Waals surface area (Å²) in [5.74, 6) is 0.344. The van der Waals surface area contributed by atoms with Gasteiger partial charge in [0.25, 0.3) is 0 Å². The molecule has 0 aliphatic rings. The summed E-state index contributed by atoms with van der Waals surface area (Å²) in [6.45, 7) is 0. The molecule has 0 bridgehead atoms. The van der Waals surface area contributed by atoms with Crippen molar-refractivity contribution >= 4 is 35.0 Å². The lowest BCUT2D eigenvalue weighted by Gasteiger charge is -2.06. The van der Waals surface area contributed by atoms with E-state index < -0.39 is 0 Å². The van der Waals surface area contributed by atoms with Gasteiger partial charge in [-0.05, 0) is 48.5 Å². The van der Waals surface area contributed by atoms with Gasteiger partial charge in [0, 0.05) is 23.3 Å². The van der Waals surface area contributed by atoms with Crippen LogP contribution >= 0.6 is 23.4 Å². The van der Waals surface area contributed by atoms with E-state index in [-0.39, 0.29) is 17.5 Å². The summed E-state index contributed by atoms with van der Waals surface area (Å²) < 4.78 is 14.8. The summed E-state index contributed by atoms with van der Waals surface area (Å²) in [5, 5.41) is 12.2. The molecule has 0 aliphatic heterocycles. The number of rotatable bonds is 5. The molecule has 1 N–H and O–H groups in total. The predicted molar refractivity (Wildman–Crippen MR) is 97.2 cm³/mol. The minimum Gasteiger partial charge on any atom is -0.325 e. The van der Waals surface area contributed by atoms with E-state index >= 15 is 0 Å². The fraction of sp³-hybridized carbons (Fsp3) is 0.118. The zero-order valence-electron chi connectivity index (χ0n) is 13.2. The molecule has 0 aliphatic carbocycles. The highest BCUT2D eigenvalue weighted by molar-refractivity contribution is 7.99. The zero-order valence-corrected chi connectivity index (χ0v) is 14.8. The maximum Gasteiger partial charge on any atom is 0.234 e. The van der Waals surface area contributed by atoms with Gasteiger partial charge < -0.3 is 9.88 Å². The largest absolute Gasteiger partial charge is 0.325 e. The van der Waals surface area contributed by atoms with Crippen LogP contribution in [-0.4, -0.2) is 26.4 Å². The quantitative estimate of drug-likeness (QED) is 0.683. The van der Waals surface area contributed by atoms with E-state index in [1.807, 2.05) is 0 Å². The Labute approximate surface area is 153 Å². The van der Waals surface area contributed by atoms with Gasteiger partial charge in [-0.3, -0.25) is 4.79 Å². The van der Waals surface area contributed by atoms with E-state index in [1.165, 1.54) is 23.9 Å². The molecule has 2 aromatic carbocycles. The van der Waals surface area contributed by atoms with Gasteiger partial charge in [0.15, 0.2) is 11.0 Å². The van der Waals surface area contributed by atoms with Crippen molar-refractivity contribution in [2.75, 3.05) is 11.1 Å². The van der Waals surface area contributed by atoms with Crippen LogP contribution in [0.1, 0.15) is 0 Å². The average Bonchev–Trinajstić information content (AvgIpc) is 2.97. The molecule has 0 spiro atoms. The predicted octanol–water partition coefficient (Wildman–Crippen LogP) is 4.01. The number of carbonyl (C=O) groups excluding carboxylic acids is 1. The number of anilines is 1. The third-order valence-electron chi connectivity index (χ3n) is 3.40. The van der Waals surface area contributed by atoms with Crippen molar-refractivity contribution in [2.24, 2.45) is 7.05 Å². The second kappa shape index (κ2) is 7.67. The first-order valence-electron chi connectivity index (χ1n) is 7.36. The van der Waals surface area contributed by atoms with Crippen molar-refractivity contribution < 1.29 is 9.18 Å². The first-order chi connectivity index (χ1) is 12.0. The summed E-state index contributed by atoms with van der Waals surface area (Å²) in [5.41, 5.74) is 1.44. The molecule has 1 amide bonds. The summed E-state index contributed by atoms with van der Waals surface area (Å²) in [6.07, 6.45) is 0. The Kier molecular flexibility index (Phi) is 5.35. The van der Waals surface area contributed by atoms with E-state index in [0.29, 0.717) is 21.7 Å². The average molecular weight is 377 g/mol. The molecule has 0 radical (unpaired) electrons. The topological polar surface area (TPSA) is 59.8 Å². The van der Waals surface area contributed by atoms with Crippen LogP contribution in [0.3, 0.4) is 0 Å². The molecule has 3 aromatic rings. The minimum atomic E-state index is -0.306. The second-order valence-corrected chi connectivity index (χ2v) is 6.59. The number of aromatic nitrogens is 3. The van der Waals surface area contributed by atoms with E-state index in [9.17, 15) is 9.18 Å². The third kappa shape index (κ3) is 4.37. The summed E-state index contributed by atoms with van der Waals surface area (Å²) in [7, 11) is 1.80. The molecular formula is C17H14ClFN4OS. The molecule has 25 heavy (non-hydrogen) atoms. The van der Waals surface area contributed by atoms with Gasteiger partial charge in [0.2, 0.25) is 5.91 Å². The Morgan fingerprint density at radius 2 is 1.84 bits per heavy atom. The molecule has 0 unspecified atom stereocenters. The molecule has 128 valence electrons. The number of amides is 1. The lowest BCUT2D eigenvalue weighted by Crippen LogP contribution is -2.14. The van der Waals surface area contributed by atoms with E-state index in [0.717, 1.165) is 5.56 Å². The number of nitrogens with one attached hydrogen (secondary N) is 1. The molecule has 1 heterocycles. The summed E-state index contributed by atoms with van der Waals surface area (Å²) in [6, 6.07) is 12.9. The van der Waals surface area contributed by atoms with Crippen LogP contribution in [0.4, 0.5) is 10.1 Å². The standard InChI is InChI=1S/C17H14ClFN4OS/c1-23-16(11-2-6-13(19)7-3-11)21-22-17(23)25-10-15(24)20-14-8-4-12(18)5-9-14/h2-9H,10H2,1H3,(H,20,24). The molecule has 0 saturated heterocycles. The van der Waals surface area contributed by atoms with Crippen LogP contribution in [0.5, 0.6) is 0 Å². The maximum atomic E-state index is 13.0. The van der Waals surface area contributed by atoms with Crippen molar-refractivity contribution in [3.05, 3.63) is 59.4 Å². The van der Waals surface area contributed by atoms with Crippen molar-refractivity contribution in [1.82, 2.24) is 14.8 Å². The van der Waals surface area contributed by atoms with Crippen molar-refractivity contribution in [3.63, 3.8) is 0 Å². The van der Waals surface area contributed by atoms with Crippen molar-refractivity contribution in [1.29, 1.82) is 0 Å². The number of hydrogen-bond donors (Lipinski definition) is 1. The molecular weight excluding hydrogens is 363 g/mol. The fourth-order valence-corrected chi connectivity index (χ4v) is 2.99. The zero-order chi connectivity index (χ0) is 17.8. The Morgan fingerprint density at radius 3 is 2.52 bits per heavy atom. The van der Waals surface area contributed by atoms with Crippen molar-refractivity contribution in [3.8, 4) is 11.4 Å². The lowest BCUT2D eigenvalue weighted by molar-refractivity contribution is -0.113. The number of thioether (sulfide) groups is 1. The second-order valence-electron chi connectivity index (χ2n) is 5.22. The maximum absolute atomic E-state index is 13.0. The SMILES string of the molecule is Cn1c(SCC(=O)Nc2ccc(Cl)cc2)nnc1-c1ccc(F)cc1. The highest BCUT2D eigenvalue weighted by Gasteiger charge is 2.13. The van der Waals surface area contributed by atoms with E-state index in [4.69, 9.17) is 11.6 Å². The van der Waals surface area contributed by atoms with Crippen LogP contribution in [0.15, 0.2) is 53.7 Å². The van der Waals surface area contributed by atoms with Gasteiger partial charge in [-0.15, -0.1) is 10.2 Å². The van der Waals surface area contributed by atoms with Crippen LogP contribution in [-0.2, 0) is 11.8 Å². The highest BCUT2D eigenvalue weighted by atomic mass is 35.5. The van der Waals surface area contributed by atoms with Gasteiger partial charge in [0.05, 0.1) is 5.75 Å². The highest BCUT2D eigenvalue weighted by Crippen LogP contribution is 2.23. The van der Waals surface area contributed by atoms with Gasteiger partial charge in [-0.2, -0.15) is 0 Å². The van der Waals surface area contributed by atoms with Gasteiger partial charge >= 0.3 is 0 Å². The smallest absolute Gasteiger partial charge is 0.234 e. The molecule has 3 rings (SSSR count). The molecule has 0 fully saturated rings. The van der Waals surface area contributed by atoms with Gasteiger partial charge in [-0.1, -0.05) is 23.4 Å². The number of halogens is 2. The molecule has 1 aromatic heterocycles. The van der Waals surface area contributed by atoms with Gasteiger partial charge in [-0.25, -0.2) is 4.39 Å². The number of nitrogens with zero attached hydrogens (tertiary/aromatic N) is 3. The molecule has 0 saturated carbocycles. The normalized spacial score (nSPS) is 10.7. The van der Waals surface area contributed by atoms with Crippen LogP contribution in [0.2, 0.25) is 5.02 Å². The monoisotopic (exact) mass is 376 g/mol. The third-order valence-corrected chi connectivity index (χ3v) is 4.67.